The summed E-state index contributed by atoms with van der Waals surface area (Å²) in [6.45, 7) is 8.87. The summed E-state index contributed by atoms with van der Waals surface area (Å²) in [7, 11) is 0. The van der Waals surface area contributed by atoms with Crippen LogP contribution in [0.15, 0.2) is 111 Å². The minimum atomic E-state index is -0.788. The monoisotopic (exact) mass is 722 g/mol. The fraction of sp³-hybridized carbons (Fsp3) is 0.238. The lowest BCUT2D eigenvalue weighted by Crippen LogP contribution is -2.27. The van der Waals surface area contributed by atoms with E-state index < -0.39 is 11.9 Å². The van der Waals surface area contributed by atoms with E-state index in [0.29, 0.717) is 85.5 Å². The lowest BCUT2D eigenvalue weighted by molar-refractivity contribution is -0.141. The van der Waals surface area contributed by atoms with Crippen LogP contribution in [0.1, 0.15) is 56.3 Å². The van der Waals surface area contributed by atoms with E-state index in [2.05, 4.69) is 23.1 Å². The fourth-order valence-electron chi connectivity index (χ4n) is 7.83. The van der Waals surface area contributed by atoms with Gasteiger partial charge in [-0.2, -0.15) is 9.46 Å². The number of allylic oxidation sites excluding steroid dienone is 2. The zero-order valence-electron chi connectivity index (χ0n) is 29.6. The smallest absolute Gasteiger partial charge is 0.343 e. The number of hydrogen-bond acceptors (Lipinski definition) is 8. The van der Waals surface area contributed by atoms with Crippen LogP contribution in [0.5, 0.6) is 0 Å². The summed E-state index contributed by atoms with van der Waals surface area (Å²) in [5.41, 5.74) is 6.13. The third kappa shape index (κ3) is 6.40. The lowest BCUT2D eigenvalue weighted by atomic mass is 9.84. The van der Waals surface area contributed by atoms with E-state index in [1.165, 1.54) is 22.1 Å². The van der Waals surface area contributed by atoms with Gasteiger partial charge in [-0.1, -0.05) is 48.6 Å². The second-order valence-electron chi connectivity index (χ2n) is 13.7. The summed E-state index contributed by atoms with van der Waals surface area (Å²) in [4.78, 5) is 72.6. The number of benzene rings is 2. The van der Waals surface area contributed by atoms with Crippen LogP contribution < -0.4 is 9.68 Å². The molecule has 0 amide bonds. The van der Waals surface area contributed by atoms with E-state index >= 15 is 0 Å². The van der Waals surface area contributed by atoms with Gasteiger partial charge in [0, 0.05) is 95.2 Å². The van der Waals surface area contributed by atoms with E-state index in [-0.39, 0.29) is 23.4 Å². The molecule has 0 fully saturated rings. The number of nitrogens with zero attached hydrogens (tertiary/aromatic N) is 6. The predicted octanol–water partition coefficient (Wildman–Crippen LogP) is 5.50. The molecule has 0 saturated heterocycles. The van der Waals surface area contributed by atoms with Gasteiger partial charge in [-0.25, -0.2) is 19.6 Å². The minimum Gasteiger partial charge on any atom is -0.343 e. The van der Waals surface area contributed by atoms with Gasteiger partial charge in [-0.3, -0.25) is 9.59 Å². The van der Waals surface area contributed by atoms with Gasteiger partial charge in [0.05, 0.1) is 22.8 Å². The van der Waals surface area contributed by atoms with Crippen LogP contribution in [0, 0.1) is 11.8 Å². The van der Waals surface area contributed by atoms with Gasteiger partial charge in [-0.05, 0) is 37.8 Å². The normalized spacial score (nSPS) is 16.6. The number of rotatable bonds is 12. The van der Waals surface area contributed by atoms with Crippen molar-refractivity contribution >= 4 is 45.3 Å². The van der Waals surface area contributed by atoms with Crippen molar-refractivity contribution in [1.82, 2.24) is 28.6 Å². The van der Waals surface area contributed by atoms with Crippen molar-refractivity contribution in [2.24, 2.45) is 11.8 Å². The maximum atomic E-state index is 13.7. The molecule has 0 N–H and O–H groups in total. The second kappa shape index (κ2) is 14.5. The Morgan fingerprint density at radius 2 is 1.09 bits per heavy atom. The van der Waals surface area contributed by atoms with Gasteiger partial charge in [-0.15, -0.1) is 13.2 Å². The van der Waals surface area contributed by atoms with Crippen molar-refractivity contribution in [1.29, 1.82) is 0 Å². The molecule has 12 nitrogen and oxygen atoms in total. The fourth-order valence-corrected chi connectivity index (χ4v) is 7.83. The molecule has 4 heterocycles. The maximum absolute atomic E-state index is 13.7. The van der Waals surface area contributed by atoms with Crippen LogP contribution in [-0.4, -0.2) is 52.1 Å². The summed E-state index contributed by atoms with van der Waals surface area (Å²) < 4.78 is 6.64. The van der Waals surface area contributed by atoms with Crippen LogP contribution in [0.3, 0.4) is 0 Å². The molecule has 0 spiro atoms. The molecule has 8 rings (SSSR count). The largest absolute Gasteiger partial charge is 0.356 e. The number of aromatic nitrogens is 6. The van der Waals surface area contributed by atoms with Crippen molar-refractivity contribution in [3.8, 4) is 0 Å². The molecule has 6 aromatic rings. The zero-order valence-corrected chi connectivity index (χ0v) is 29.6. The highest BCUT2D eigenvalue weighted by molar-refractivity contribution is 6.10. The number of ketones is 2. The average Bonchev–Trinajstić information content (AvgIpc) is 3.97. The van der Waals surface area contributed by atoms with Gasteiger partial charge < -0.3 is 18.8 Å². The molecule has 54 heavy (non-hydrogen) atoms. The van der Waals surface area contributed by atoms with Crippen LogP contribution in [0.2, 0.25) is 0 Å². The Bertz CT molecular complexity index is 2340. The standard InChI is InChI=1S/C42H38N6O6/c1-3-19-45-23-31(29-9-5-7-11-35(29)45)41(51)27-13-15-37-33(21-27)43-25-47(37)53-39(49)17-18-40(50)54-48-26-44-34-22-28(14-16-38(34)48)42(52)32-24-46(20-4-2)36-12-8-6-10-30(32)36/h3-12,17-18,23-28H,1-2,13-16,19-22H2/b18-17+. The first-order valence-electron chi connectivity index (χ1n) is 18.0. The molecule has 0 saturated carbocycles. The molecule has 4 aromatic heterocycles. The minimum absolute atomic E-state index is 0.0592. The van der Waals surface area contributed by atoms with E-state index in [4.69, 9.17) is 9.68 Å². The number of fused-ring (bicyclic) bond motifs is 4. The molecule has 2 unspecified atom stereocenters. The van der Waals surface area contributed by atoms with E-state index in [0.717, 1.165) is 34.0 Å². The number of hydrogen-bond donors (Lipinski definition) is 0. The Morgan fingerprint density at radius 1 is 0.667 bits per heavy atom. The first-order chi connectivity index (χ1) is 26.3. The van der Waals surface area contributed by atoms with E-state index in [1.807, 2.05) is 70.1 Å². The Balaban J connectivity index is 0.869. The van der Waals surface area contributed by atoms with Gasteiger partial charge >= 0.3 is 11.9 Å². The summed E-state index contributed by atoms with van der Waals surface area (Å²) >= 11 is 0. The summed E-state index contributed by atoms with van der Waals surface area (Å²) in [5, 5.41) is 1.82. The van der Waals surface area contributed by atoms with E-state index in [9.17, 15) is 19.2 Å². The molecule has 0 bridgehead atoms. The number of para-hydroxylation sites is 2. The zero-order chi connectivity index (χ0) is 37.3. The second-order valence-corrected chi connectivity index (χ2v) is 13.7. The number of carbonyl (C=O) groups excluding carboxylic acids is 4. The van der Waals surface area contributed by atoms with Crippen LogP contribution >= 0.6 is 0 Å². The Kier molecular flexibility index (Phi) is 9.24. The van der Waals surface area contributed by atoms with Crippen molar-refractivity contribution in [3.05, 3.63) is 145 Å². The first kappa shape index (κ1) is 34.5. The summed E-state index contributed by atoms with van der Waals surface area (Å²) in [5.74, 6) is -1.98. The summed E-state index contributed by atoms with van der Waals surface area (Å²) in [6.07, 6.45) is 15.2. The topological polar surface area (TPSA) is 132 Å². The molecular weight excluding hydrogens is 684 g/mol. The van der Waals surface area contributed by atoms with Crippen molar-refractivity contribution in [3.63, 3.8) is 0 Å². The molecule has 2 atom stereocenters. The SMILES string of the molecule is C=CCn1cc(C(=O)C2CCc3c(ncn3OC(=O)/C=C/C(=O)On3cnc4c3CCC(C(=O)c3cn(CC=C)c5ccccc35)C4)C2)c2ccccc21. The van der Waals surface area contributed by atoms with Crippen LogP contribution in [-0.2, 0) is 48.4 Å². The van der Waals surface area contributed by atoms with Crippen molar-refractivity contribution < 1.29 is 28.9 Å². The predicted molar refractivity (Wildman–Crippen MR) is 201 cm³/mol. The first-order valence-corrected chi connectivity index (χ1v) is 18.0. The average molecular weight is 723 g/mol. The third-order valence-corrected chi connectivity index (χ3v) is 10.4. The highest BCUT2D eigenvalue weighted by Crippen LogP contribution is 2.32. The quantitative estimate of drug-likeness (QED) is 0.0919. The molecule has 2 aromatic carbocycles. The van der Waals surface area contributed by atoms with Gasteiger partial charge in [0.2, 0.25) is 0 Å². The number of Topliss-reactive ketones (excluding diaryl/α,β-unsaturated/α-hetero) is 2. The maximum Gasteiger partial charge on any atom is 0.356 e. The molecule has 2 aliphatic carbocycles. The van der Waals surface area contributed by atoms with E-state index in [1.54, 1.807) is 12.2 Å². The third-order valence-electron chi connectivity index (χ3n) is 10.4. The van der Waals surface area contributed by atoms with Crippen molar-refractivity contribution in [2.45, 2.75) is 51.6 Å². The number of carbonyl (C=O) groups is 4. The van der Waals surface area contributed by atoms with Gasteiger partial charge in [0.1, 0.15) is 12.7 Å². The van der Waals surface area contributed by atoms with Crippen molar-refractivity contribution in [2.75, 3.05) is 0 Å². The molecule has 2 aliphatic rings. The Hall–Kier alpha value is -6.56. The molecule has 272 valence electrons. The van der Waals surface area contributed by atoms with Crippen LogP contribution in [0.25, 0.3) is 21.8 Å². The molecule has 0 aliphatic heterocycles. The Labute approximate surface area is 310 Å². The highest BCUT2D eigenvalue weighted by atomic mass is 16.7. The molecule has 12 heteroatoms. The summed E-state index contributed by atoms with van der Waals surface area (Å²) in [6, 6.07) is 15.7. The highest BCUT2D eigenvalue weighted by Gasteiger charge is 2.32. The molecular formula is C42H38N6O6. The lowest BCUT2D eigenvalue weighted by Gasteiger charge is -2.21. The Morgan fingerprint density at radius 3 is 1.52 bits per heavy atom. The van der Waals surface area contributed by atoms with Gasteiger partial charge in [0.15, 0.2) is 11.6 Å². The number of imidazole rings is 2. The van der Waals surface area contributed by atoms with Gasteiger partial charge in [0.25, 0.3) is 0 Å². The van der Waals surface area contributed by atoms with Crippen LogP contribution in [0.4, 0.5) is 0 Å². The molecule has 0 radical (unpaired) electrons.